The van der Waals surface area contributed by atoms with Crippen LogP contribution in [0.4, 0.5) is 5.82 Å². The molecule has 0 atom stereocenters. The molecule has 2 aromatic carbocycles. The number of nitrogens with two attached hydrogens (primary N) is 1. The number of fused-ring (bicyclic) bond motifs is 1. The molecule has 7 heteroatoms. The lowest BCUT2D eigenvalue weighted by molar-refractivity contribution is 0.270. The summed E-state index contributed by atoms with van der Waals surface area (Å²) in [4.78, 5) is 12.7. The Bertz CT molecular complexity index is 1290. The number of hydrogen-bond acceptors (Lipinski definition) is 4. The van der Waals surface area contributed by atoms with Crippen molar-refractivity contribution in [3.05, 3.63) is 58.5 Å². The second-order valence-corrected chi connectivity index (χ2v) is 7.93. The molecule has 30 heavy (non-hydrogen) atoms. The van der Waals surface area contributed by atoms with E-state index in [2.05, 4.69) is 6.07 Å². The molecule has 0 fully saturated rings. The Balaban J connectivity index is 1.99. The molecule has 156 valence electrons. The van der Waals surface area contributed by atoms with Crippen molar-refractivity contribution in [3.8, 4) is 22.4 Å². The Morgan fingerprint density at radius 2 is 1.87 bits per heavy atom. The van der Waals surface area contributed by atoms with E-state index in [4.69, 9.17) is 10.8 Å². The van der Waals surface area contributed by atoms with Gasteiger partial charge in [0, 0.05) is 18.7 Å². The lowest BCUT2D eigenvalue weighted by atomic mass is 9.99. The summed E-state index contributed by atoms with van der Waals surface area (Å²) in [6.07, 6.45) is 0. The molecule has 0 spiro atoms. The maximum Gasteiger partial charge on any atom is 0.329 e. The first-order chi connectivity index (χ1) is 14.3. The van der Waals surface area contributed by atoms with E-state index >= 15 is 0 Å². The van der Waals surface area contributed by atoms with Crippen LogP contribution in [0.2, 0.25) is 0 Å². The van der Waals surface area contributed by atoms with Crippen LogP contribution >= 0.6 is 0 Å². The second-order valence-electron chi connectivity index (χ2n) is 7.93. The number of hydrogen-bond donors (Lipinski definition) is 2. The van der Waals surface area contributed by atoms with Crippen LogP contribution in [0.15, 0.2) is 47.3 Å². The van der Waals surface area contributed by atoms with Gasteiger partial charge >= 0.3 is 5.69 Å². The Morgan fingerprint density at radius 3 is 2.53 bits per heavy atom. The number of anilines is 1. The van der Waals surface area contributed by atoms with E-state index in [0.29, 0.717) is 12.4 Å². The van der Waals surface area contributed by atoms with Crippen molar-refractivity contribution in [1.29, 1.82) is 0 Å². The topological polar surface area (TPSA) is 91.0 Å². The van der Waals surface area contributed by atoms with Crippen LogP contribution in [0.3, 0.4) is 0 Å². The highest BCUT2D eigenvalue weighted by Gasteiger charge is 2.21. The first kappa shape index (κ1) is 20.0. The van der Waals surface area contributed by atoms with Gasteiger partial charge in [-0.2, -0.15) is 5.10 Å². The van der Waals surface area contributed by atoms with Crippen molar-refractivity contribution in [1.82, 2.24) is 18.9 Å². The fourth-order valence-corrected chi connectivity index (χ4v) is 4.04. The first-order valence-electron chi connectivity index (χ1n) is 10.1. The number of imidazole rings is 1. The van der Waals surface area contributed by atoms with Crippen molar-refractivity contribution >= 4 is 16.9 Å². The molecule has 0 aliphatic carbocycles. The molecule has 2 heterocycles. The summed E-state index contributed by atoms with van der Waals surface area (Å²) in [7, 11) is 1.79. The number of aryl methyl sites for hydroxylation is 2. The van der Waals surface area contributed by atoms with Crippen LogP contribution in [0.5, 0.6) is 0 Å². The van der Waals surface area contributed by atoms with Gasteiger partial charge in [0.15, 0.2) is 0 Å². The standard InChI is InChI=1S/C23H27N5O2/c1-14(2)28-18-9-8-16(13-19(18)26(4)23(28)30)20-21(17-7-5-6-15(3)12-17)25-27(10-11-29)22(20)24/h5-9,12-14,29H,10-11,24H2,1-4H3. The summed E-state index contributed by atoms with van der Waals surface area (Å²) >= 11 is 0. The monoisotopic (exact) mass is 405 g/mol. The smallest absolute Gasteiger partial charge is 0.329 e. The highest BCUT2D eigenvalue weighted by Crippen LogP contribution is 2.37. The maximum absolute atomic E-state index is 12.7. The predicted molar refractivity (Wildman–Crippen MR) is 120 cm³/mol. The van der Waals surface area contributed by atoms with Crippen molar-refractivity contribution in [3.63, 3.8) is 0 Å². The number of aliphatic hydroxyl groups is 1. The molecule has 0 saturated heterocycles. The van der Waals surface area contributed by atoms with Gasteiger partial charge in [-0.1, -0.05) is 29.8 Å². The fraction of sp³-hybridized carbons (Fsp3) is 0.304. The third-order valence-corrected chi connectivity index (χ3v) is 5.49. The number of rotatable bonds is 5. The van der Waals surface area contributed by atoms with Crippen molar-refractivity contribution in [2.75, 3.05) is 12.3 Å². The lowest BCUT2D eigenvalue weighted by Gasteiger charge is -2.09. The average Bonchev–Trinajstić information content (AvgIpc) is 3.16. The van der Waals surface area contributed by atoms with Crippen LogP contribution < -0.4 is 11.4 Å². The van der Waals surface area contributed by atoms with E-state index in [-0.39, 0.29) is 18.3 Å². The zero-order chi connectivity index (χ0) is 21.6. The van der Waals surface area contributed by atoms with E-state index in [0.717, 1.165) is 39.0 Å². The Kier molecular flexibility index (Phi) is 4.99. The normalized spacial score (nSPS) is 11.7. The van der Waals surface area contributed by atoms with Crippen LogP contribution in [0.25, 0.3) is 33.4 Å². The number of benzene rings is 2. The van der Waals surface area contributed by atoms with Crippen molar-refractivity contribution < 1.29 is 5.11 Å². The minimum atomic E-state index is -0.0522. The first-order valence-corrected chi connectivity index (χ1v) is 10.1. The lowest BCUT2D eigenvalue weighted by Crippen LogP contribution is -2.23. The summed E-state index contributed by atoms with van der Waals surface area (Å²) in [6.45, 7) is 6.30. The number of nitrogen functional groups attached to an aromatic ring is 1. The Hall–Kier alpha value is -3.32. The molecule has 3 N–H and O–H groups in total. The van der Waals surface area contributed by atoms with E-state index < -0.39 is 0 Å². The largest absolute Gasteiger partial charge is 0.394 e. The molecule has 4 rings (SSSR count). The zero-order valence-corrected chi connectivity index (χ0v) is 17.8. The van der Waals surface area contributed by atoms with Gasteiger partial charge in [0.25, 0.3) is 0 Å². The maximum atomic E-state index is 12.7. The number of aliphatic hydroxyl groups excluding tert-OH is 1. The summed E-state index contributed by atoms with van der Waals surface area (Å²) in [6, 6.07) is 14.1. The fourth-order valence-electron chi connectivity index (χ4n) is 4.04. The molecule has 2 aromatic heterocycles. The molecule has 0 radical (unpaired) electrons. The number of aromatic nitrogens is 4. The quantitative estimate of drug-likeness (QED) is 0.533. The Morgan fingerprint density at radius 1 is 1.10 bits per heavy atom. The van der Waals surface area contributed by atoms with Crippen molar-refractivity contribution in [2.24, 2.45) is 7.05 Å². The molecule has 7 nitrogen and oxygen atoms in total. The zero-order valence-electron chi connectivity index (χ0n) is 17.8. The predicted octanol–water partition coefficient (Wildman–Crippen LogP) is 3.33. The van der Waals surface area contributed by atoms with E-state index in [9.17, 15) is 9.90 Å². The van der Waals surface area contributed by atoms with Gasteiger partial charge in [0.05, 0.1) is 29.7 Å². The van der Waals surface area contributed by atoms with E-state index in [1.54, 1.807) is 20.9 Å². The molecular weight excluding hydrogens is 378 g/mol. The summed E-state index contributed by atoms with van der Waals surface area (Å²) < 4.78 is 5.09. The second kappa shape index (κ2) is 7.50. The minimum absolute atomic E-state index is 0.0417. The summed E-state index contributed by atoms with van der Waals surface area (Å²) in [5.74, 6) is 0.494. The van der Waals surface area contributed by atoms with Gasteiger partial charge in [-0.3, -0.25) is 9.13 Å². The highest BCUT2D eigenvalue weighted by atomic mass is 16.3. The summed E-state index contributed by atoms with van der Waals surface area (Å²) in [5, 5.41) is 14.1. The van der Waals surface area contributed by atoms with Crippen LogP contribution in [-0.2, 0) is 13.6 Å². The SMILES string of the molecule is Cc1cccc(-c2nn(CCO)c(N)c2-c2ccc3c(c2)n(C)c(=O)n3C(C)C)c1. The molecule has 0 unspecified atom stereocenters. The Labute approximate surface area is 175 Å². The molecule has 0 aliphatic heterocycles. The van der Waals surface area contributed by atoms with Crippen LogP contribution in [-0.4, -0.2) is 30.6 Å². The average molecular weight is 406 g/mol. The molecule has 0 amide bonds. The van der Waals surface area contributed by atoms with Gasteiger partial charge in [-0.05, 0) is 44.5 Å². The van der Waals surface area contributed by atoms with Gasteiger partial charge in [0.2, 0.25) is 0 Å². The van der Waals surface area contributed by atoms with Gasteiger partial charge < -0.3 is 10.8 Å². The third-order valence-electron chi connectivity index (χ3n) is 5.49. The van der Waals surface area contributed by atoms with Gasteiger partial charge in [-0.25, -0.2) is 9.48 Å². The number of nitrogens with zero attached hydrogens (tertiary/aromatic N) is 4. The van der Waals surface area contributed by atoms with Crippen LogP contribution in [0, 0.1) is 6.92 Å². The van der Waals surface area contributed by atoms with Crippen molar-refractivity contribution in [2.45, 2.75) is 33.4 Å². The van der Waals surface area contributed by atoms with Gasteiger partial charge in [-0.15, -0.1) is 0 Å². The molecular formula is C23H27N5O2. The third kappa shape index (κ3) is 3.11. The highest BCUT2D eigenvalue weighted by molar-refractivity contribution is 5.92. The molecule has 0 aliphatic rings. The van der Waals surface area contributed by atoms with E-state index in [1.165, 1.54) is 0 Å². The van der Waals surface area contributed by atoms with Crippen LogP contribution in [0.1, 0.15) is 25.5 Å². The molecule has 4 aromatic rings. The van der Waals surface area contributed by atoms with E-state index in [1.807, 2.05) is 57.2 Å². The summed E-state index contributed by atoms with van der Waals surface area (Å²) in [5.41, 5.74) is 12.7. The minimum Gasteiger partial charge on any atom is -0.394 e. The molecule has 0 saturated carbocycles. The molecule has 0 bridgehead atoms. The van der Waals surface area contributed by atoms with Gasteiger partial charge in [0.1, 0.15) is 11.5 Å².